The van der Waals surface area contributed by atoms with Gasteiger partial charge in [0.2, 0.25) is 0 Å². The van der Waals surface area contributed by atoms with Crippen molar-refractivity contribution in [2.24, 2.45) is 0 Å². The lowest BCUT2D eigenvalue weighted by Crippen LogP contribution is -2.36. The zero-order valence-electron chi connectivity index (χ0n) is 14.7. The van der Waals surface area contributed by atoms with Gasteiger partial charge in [-0.3, -0.25) is 0 Å². The fraction of sp³-hybridized carbons (Fsp3) is 0.474. The summed E-state index contributed by atoms with van der Waals surface area (Å²) in [7, 11) is 0. The van der Waals surface area contributed by atoms with E-state index in [1.165, 1.54) is 12.8 Å². The van der Waals surface area contributed by atoms with Crippen LogP contribution in [0.25, 0.3) is 11.3 Å². The molecule has 2 aromatic rings. The van der Waals surface area contributed by atoms with Crippen molar-refractivity contribution < 1.29 is 19.5 Å². The van der Waals surface area contributed by atoms with Crippen LogP contribution in [0.2, 0.25) is 0 Å². The summed E-state index contributed by atoms with van der Waals surface area (Å²) in [5.41, 5.74) is 0.633. The van der Waals surface area contributed by atoms with Gasteiger partial charge in [-0.05, 0) is 25.9 Å². The van der Waals surface area contributed by atoms with Crippen LogP contribution in [0.4, 0.5) is 5.82 Å². The minimum Gasteiger partial charge on any atom is -0.477 e. The minimum absolute atomic E-state index is 0.0156. The third kappa shape index (κ3) is 4.62. The molecule has 140 valence electrons. The van der Waals surface area contributed by atoms with E-state index in [0.29, 0.717) is 12.1 Å². The van der Waals surface area contributed by atoms with Crippen molar-refractivity contribution in [3.63, 3.8) is 0 Å². The molecule has 26 heavy (non-hydrogen) atoms. The number of likely N-dealkylation sites (tertiary alicyclic amines) is 1. The Hall–Kier alpha value is -2.38. The fourth-order valence-corrected chi connectivity index (χ4v) is 3.29. The lowest BCUT2D eigenvalue weighted by molar-refractivity contribution is 0.0697. The lowest BCUT2D eigenvalue weighted by Gasteiger charge is -2.23. The number of aliphatic hydroxyl groups is 1. The van der Waals surface area contributed by atoms with E-state index >= 15 is 0 Å². The molecule has 0 radical (unpaired) electrons. The Kier molecular flexibility index (Phi) is 6.25. The quantitative estimate of drug-likeness (QED) is 0.699. The van der Waals surface area contributed by atoms with Gasteiger partial charge < -0.3 is 25.0 Å². The van der Waals surface area contributed by atoms with Crippen LogP contribution in [-0.4, -0.2) is 58.5 Å². The number of benzene rings is 1. The van der Waals surface area contributed by atoms with Gasteiger partial charge in [-0.2, -0.15) is 0 Å². The van der Waals surface area contributed by atoms with Crippen molar-refractivity contribution >= 4 is 11.8 Å². The van der Waals surface area contributed by atoms with Gasteiger partial charge in [0, 0.05) is 18.7 Å². The number of carboxylic acid groups (broad SMARTS) is 1. The predicted molar refractivity (Wildman–Crippen MR) is 98.3 cm³/mol. The highest BCUT2D eigenvalue weighted by Crippen LogP contribution is 2.29. The Bertz CT molecular complexity index is 709. The summed E-state index contributed by atoms with van der Waals surface area (Å²) in [6, 6.07) is 9.00. The standard InChI is InChI=1S/C19H25N3O4/c23-15(13-22-10-6-1-2-7-11-22)12-20-18-16(19(24)25)17(26-21-18)14-8-4-3-5-9-14/h3-5,8-9,15,23H,1-2,6-7,10-13H2,(H,20,21)(H,24,25). The van der Waals surface area contributed by atoms with Gasteiger partial charge in [0.15, 0.2) is 17.1 Å². The van der Waals surface area contributed by atoms with Crippen molar-refractivity contribution in [1.82, 2.24) is 10.1 Å². The van der Waals surface area contributed by atoms with Crippen LogP contribution in [-0.2, 0) is 0 Å². The monoisotopic (exact) mass is 359 g/mol. The number of carbonyl (C=O) groups is 1. The first-order valence-electron chi connectivity index (χ1n) is 9.08. The highest BCUT2D eigenvalue weighted by Gasteiger charge is 2.24. The van der Waals surface area contributed by atoms with Gasteiger partial charge in [0.25, 0.3) is 0 Å². The van der Waals surface area contributed by atoms with E-state index in [2.05, 4.69) is 15.4 Å². The zero-order valence-corrected chi connectivity index (χ0v) is 14.7. The summed E-state index contributed by atoms with van der Waals surface area (Å²) >= 11 is 0. The molecule has 2 heterocycles. The molecule has 1 unspecified atom stereocenters. The number of carboxylic acids is 1. The summed E-state index contributed by atoms with van der Waals surface area (Å²) in [6.07, 6.45) is 4.20. The number of nitrogens with zero attached hydrogens (tertiary/aromatic N) is 2. The number of aliphatic hydroxyl groups excluding tert-OH is 1. The molecule has 3 N–H and O–H groups in total. The van der Waals surface area contributed by atoms with Gasteiger partial charge in [0.05, 0.1) is 6.10 Å². The number of aromatic nitrogens is 1. The maximum atomic E-state index is 11.7. The Labute approximate surface area is 152 Å². The van der Waals surface area contributed by atoms with Gasteiger partial charge in [-0.1, -0.05) is 48.3 Å². The molecular formula is C19H25N3O4. The van der Waals surface area contributed by atoms with E-state index in [1.807, 2.05) is 18.2 Å². The molecule has 1 aliphatic heterocycles. The number of aromatic carboxylic acids is 1. The molecule has 0 amide bonds. The van der Waals surface area contributed by atoms with E-state index in [4.69, 9.17) is 4.52 Å². The number of hydrogen-bond acceptors (Lipinski definition) is 6. The van der Waals surface area contributed by atoms with Crippen molar-refractivity contribution in [2.75, 3.05) is 31.5 Å². The summed E-state index contributed by atoms with van der Waals surface area (Å²) in [4.78, 5) is 13.9. The third-order valence-electron chi connectivity index (χ3n) is 4.61. The molecular weight excluding hydrogens is 334 g/mol. The first-order chi connectivity index (χ1) is 12.6. The molecule has 7 heteroatoms. The summed E-state index contributed by atoms with van der Waals surface area (Å²) in [6.45, 7) is 2.79. The van der Waals surface area contributed by atoms with E-state index < -0.39 is 12.1 Å². The van der Waals surface area contributed by atoms with Crippen LogP contribution in [0.15, 0.2) is 34.9 Å². The van der Waals surface area contributed by atoms with Crippen molar-refractivity contribution in [3.05, 3.63) is 35.9 Å². The summed E-state index contributed by atoms with van der Waals surface area (Å²) in [5.74, 6) is -0.761. The van der Waals surface area contributed by atoms with Crippen LogP contribution in [0.3, 0.4) is 0 Å². The van der Waals surface area contributed by atoms with Crippen molar-refractivity contribution in [1.29, 1.82) is 0 Å². The van der Waals surface area contributed by atoms with Crippen LogP contribution >= 0.6 is 0 Å². The molecule has 0 aliphatic carbocycles. The van der Waals surface area contributed by atoms with Gasteiger partial charge in [0.1, 0.15) is 0 Å². The fourth-order valence-electron chi connectivity index (χ4n) is 3.29. The molecule has 0 bridgehead atoms. The molecule has 1 fully saturated rings. The van der Waals surface area contributed by atoms with Crippen molar-refractivity contribution in [2.45, 2.75) is 31.8 Å². The molecule has 1 atom stereocenters. The Morgan fingerprint density at radius 3 is 2.54 bits per heavy atom. The topological polar surface area (TPSA) is 98.8 Å². The zero-order chi connectivity index (χ0) is 18.4. The van der Waals surface area contributed by atoms with Crippen LogP contribution in [0.5, 0.6) is 0 Å². The Balaban J connectivity index is 1.64. The third-order valence-corrected chi connectivity index (χ3v) is 4.61. The van der Waals surface area contributed by atoms with Gasteiger partial charge >= 0.3 is 5.97 Å². The van der Waals surface area contributed by atoms with Crippen LogP contribution in [0, 0.1) is 0 Å². The Morgan fingerprint density at radius 2 is 1.88 bits per heavy atom. The first kappa shape index (κ1) is 18.4. The smallest absolute Gasteiger partial charge is 0.343 e. The van der Waals surface area contributed by atoms with Crippen molar-refractivity contribution in [3.8, 4) is 11.3 Å². The average Bonchev–Trinajstić information content (AvgIpc) is 2.91. The van der Waals surface area contributed by atoms with E-state index in [0.717, 1.165) is 25.9 Å². The molecule has 3 rings (SSSR count). The van der Waals surface area contributed by atoms with E-state index in [1.54, 1.807) is 12.1 Å². The second-order valence-electron chi connectivity index (χ2n) is 6.66. The summed E-state index contributed by atoms with van der Waals surface area (Å²) in [5, 5.41) is 26.6. The van der Waals surface area contributed by atoms with Gasteiger partial charge in [-0.15, -0.1) is 0 Å². The molecule has 0 saturated carbocycles. The molecule has 0 spiro atoms. The maximum Gasteiger partial charge on any atom is 0.343 e. The number of rotatable bonds is 7. The predicted octanol–water partition coefficient (Wildman–Crippen LogP) is 2.69. The van der Waals surface area contributed by atoms with Crippen LogP contribution in [0.1, 0.15) is 36.0 Å². The SMILES string of the molecule is O=C(O)c1c(NCC(O)CN2CCCCCC2)noc1-c1ccccc1. The largest absolute Gasteiger partial charge is 0.477 e. The number of hydrogen-bond donors (Lipinski definition) is 3. The molecule has 1 aliphatic rings. The highest BCUT2D eigenvalue weighted by molar-refractivity contribution is 5.99. The number of anilines is 1. The van der Waals surface area contributed by atoms with Gasteiger partial charge in [-0.25, -0.2) is 4.79 Å². The van der Waals surface area contributed by atoms with E-state index in [-0.39, 0.29) is 23.7 Å². The molecule has 1 aromatic heterocycles. The normalized spacial score (nSPS) is 16.8. The molecule has 7 nitrogen and oxygen atoms in total. The first-order valence-corrected chi connectivity index (χ1v) is 9.08. The lowest BCUT2D eigenvalue weighted by atomic mass is 10.1. The second kappa shape index (κ2) is 8.82. The Morgan fingerprint density at radius 1 is 1.19 bits per heavy atom. The molecule has 1 saturated heterocycles. The minimum atomic E-state index is -1.12. The highest BCUT2D eigenvalue weighted by atomic mass is 16.5. The van der Waals surface area contributed by atoms with Crippen LogP contribution < -0.4 is 5.32 Å². The number of nitrogens with one attached hydrogen (secondary N) is 1. The molecule has 1 aromatic carbocycles. The maximum absolute atomic E-state index is 11.7. The summed E-state index contributed by atoms with van der Waals surface area (Å²) < 4.78 is 5.26. The van der Waals surface area contributed by atoms with E-state index in [9.17, 15) is 15.0 Å². The number of β-amino-alcohol motifs (C(OH)–C–C–N with tert-alkyl or cyclic N) is 1. The average molecular weight is 359 g/mol. The second-order valence-corrected chi connectivity index (χ2v) is 6.66.